The van der Waals surface area contributed by atoms with Gasteiger partial charge in [0.15, 0.2) is 5.60 Å². The van der Waals surface area contributed by atoms with E-state index >= 15 is 0 Å². The Morgan fingerprint density at radius 1 is 1.45 bits per heavy atom. The molecule has 0 saturated heterocycles. The zero-order valence-corrected chi connectivity index (χ0v) is 11.4. The maximum absolute atomic E-state index is 13.0. The molecule has 0 aliphatic carbocycles. The first-order chi connectivity index (χ1) is 9.22. The van der Waals surface area contributed by atoms with Crippen LogP contribution in [0.5, 0.6) is 0 Å². The number of carboxylic acids is 1. The summed E-state index contributed by atoms with van der Waals surface area (Å²) in [6.45, 7) is 2.37. The minimum Gasteiger partial charge on any atom is -0.479 e. The summed E-state index contributed by atoms with van der Waals surface area (Å²) in [4.78, 5) is 22.5. The number of carboxylic acid groups (broad SMARTS) is 1. The number of amides is 1. The van der Waals surface area contributed by atoms with Crippen LogP contribution in [0, 0.1) is 11.7 Å². The number of aliphatic carboxylic acids is 1. The summed E-state index contributed by atoms with van der Waals surface area (Å²) >= 11 is 0. The zero-order valence-electron chi connectivity index (χ0n) is 11.4. The van der Waals surface area contributed by atoms with E-state index in [1.165, 1.54) is 12.1 Å². The molecule has 20 heavy (non-hydrogen) atoms. The first-order valence-corrected chi connectivity index (χ1v) is 6.20. The molecule has 1 aromatic rings. The van der Waals surface area contributed by atoms with E-state index in [1.54, 1.807) is 19.1 Å². The molecule has 0 spiro atoms. The molecule has 0 radical (unpaired) electrons. The number of hydrogen-bond acceptors (Lipinski definition) is 3. The third kappa shape index (κ3) is 4.62. The highest BCUT2D eigenvalue weighted by atomic mass is 19.1. The van der Waals surface area contributed by atoms with Crippen LogP contribution in [0.15, 0.2) is 24.3 Å². The van der Waals surface area contributed by atoms with Gasteiger partial charge in [-0.1, -0.05) is 19.1 Å². The fraction of sp³-hybridized carbons (Fsp3) is 0.429. The van der Waals surface area contributed by atoms with E-state index in [4.69, 9.17) is 5.11 Å². The number of halogens is 1. The van der Waals surface area contributed by atoms with Gasteiger partial charge in [-0.05, 0) is 31.0 Å². The minimum absolute atomic E-state index is 0.332. The second-order valence-corrected chi connectivity index (χ2v) is 5.03. The molecule has 0 aliphatic heterocycles. The Balaban J connectivity index is 2.54. The summed E-state index contributed by atoms with van der Waals surface area (Å²) in [5.41, 5.74) is -1.33. The van der Waals surface area contributed by atoms with E-state index in [1.807, 2.05) is 0 Å². The predicted octanol–water partition coefficient (Wildman–Crippen LogP) is 0.956. The maximum Gasteiger partial charge on any atom is 0.337 e. The zero-order chi connectivity index (χ0) is 15.3. The molecular weight excluding hydrogens is 265 g/mol. The molecule has 1 rings (SSSR count). The van der Waals surface area contributed by atoms with E-state index < -0.39 is 23.4 Å². The van der Waals surface area contributed by atoms with Crippen LogP contribution >= 0.6 is 0 Å². The highest BCUT2D eigenvalue weighted by Gasteiger charge is 2.30. The predicted molar refractivity (Wildman–Crippen MR) is 70.5 cm³/mol. The highest BCUT2D eigenvalue weighted by molar-refractivity contribution is 5.81. The van der Waals surface area contributed by atoms with Gasteiger partial charge in [-0.3, -0.25) is 4.79 Å². The monoisotopic (exact) mass is 283 g/mol. The normalized spacial score (nSPS) is 15.2. The number of carbonyl (C=O) groups is 2. The summed E-state index contributed by atoms with van der Waals surface area (Å²) in [7, 11) is 0. The molecule has 6 heteroatoms. The quantitative estimate of drug-likeness (QED) is 0.725. The average molecular weight is 283 g/mol. The van der Waals surface area contributed by atoms with Crippen LogP contribution in [-0.2, 0) is 16.0 Å². The summed E-state index contributed by atoms with van der Waals surface area (Å²) in [6, 6.07) is 5.93. The van der Waals surface area contributed by atoms with Crippen LogP contribution in [0.1, 0.15) is 19.4 Å². The SMILES string of the molecule is CC(Cc1cccc(F)c1)C(=O)NCC(C)(O)C(=O)O. The van der Waals surface area contributed by atoms with Gasteiger partial charge in [0, 0.05) is 5.92 Å². The second kappa shape index (κ2) is 6.47. The number of carbonyl (C=O) groups excluding carboxylic acids is 1. The van der Waals surface area contributed by atoms with Crippen molar-refractivity contribution in [3.05, 3.63) is 35.6 Å². The van der Waals surface area contributed by atoms with Gasteiger partial charge in [-0.2, -0.15) is 0 Å². The van der Waals surface area contributed by atoms with Crippen molar-refractivity contribution in [1.29, 1.82) is 0 Å². The molecule has 1 aromatic carbocycles. The molecule has 0 aliphatic rings. The van der Waals surface area contributed by atoms with Crippen LogP contribution in [0.4, 0.5) is 4.39 Å². The lowest BCUT2D eigenvalue weighted by molar-refractivity contribution is -0.156. The Labute approximate surface area is 116 Å². The molecule has 1 amide bonds. The van der Waals surface area contributed by atoms with Crippen molar-refractivity contribution in [2.24, 2.45) is 5.92 Å². The molecule has 3 N–H and O–H groups in total. The Bertz CT molecular complexity index is 502. The third-order valence-corrected chi connectivity index (χ3v) is 2.95. The van der Waals surface area contributed by atoms with Crippen molar-refractivity contribution in [1.82, 2.24) is 5.32 Å². The Morgan fingerprint density at radius 3 is 2.65 bits per heavy atom. The molecule has 0 saturated carbocycles. The van der Waals surface area contributed by atoms with E-state index in [0.717, 1.165) is 6.92 Å². The maximum atomic E-state index is 13.0. The third-order valence-electron chi connectivity index (χ3n) is 2.95. The molecule has 2 atom stereocenters. The lowest BCUT2D eigenvalue weighted by Crippen LogP contribution is -2.47. The second-order valence-electron chi connectivity index (χ2n) is 5.03. The Morgan fingerprint density at radius 2 is 2.10 bits per heavy atom. The van der Waals surface area contributed by atoms with Crippen molar-refractivity contribution in [2.45, 2.75) is 25.9 Å². The van der Waals surface area contributed by atoms with Crippen molar-refractivity contribution in [3.63, 3.8) is 0 Å². The van der Waals surface area contributed by atoms with Crippen molar-refractivity contribution < 1.29 is 24.2 Å². The molecule has 2 unspecified atom stereocenters. The van der Waals surface area contributed by atoms with Crippen LogP contribution in [0.25, 0.3) is 0 Å². The van der Waals surface area contributed by atoms with Crippen LogP contribution in [-0.4, -0.2) is 34.2 Å². The van der Waals surface area contributed by atoms with Gasteiger partial charge in [-0.15, -0.1) is 0 Å². The number of hydrogen-bond donors (Lipinski definition) is 3. The van der Waals surface area contributed by atoms with Gasteiger partial charge in [0.05, 0.1) is 6.54 Å². The highest BCUT2D eigenvalue weighted by Crippen LogP contribution is 2.11. The minimum atomic E-state index is -2.01. The van der Waals surface area contributed by atoms with Gasteiger partial charge in [0.25, 0.3) is 0 Å². The lowest BCUT2D eigenvalue weighted by atomic mass is 9.99. The van der Waals surface area contributed by atoms with Gasteiger partial charge in [-0.25, -0.2) is 9.18 Å². The number of rotatable bonds is 6. The summed E-state index contributed by atoms with van der Waals surface area (Å²) in [6.07, 6.45) is 0.332. The molecule has 0 bridgehead atoms. The van der Waals surface area contributed by atoms with Gasteiger partial charge < -0.3 is 15.5 Å². The van der Waals surface area contributed by atoms with Crippen LogP contribution < -0.4 is 5.32 Å². The van der Waals surface area contributed by atoms with Crippen molar-refractivity contribution >= 4 is 11.9 Å². The summed E-state index contributed by atoms with van der Waals surface area (Å²) in [5.74, 6) is -2.63. The van der Waals surface area contributed by atoms with Crippen molar-refractivity contribution in [3.8, 4) is 0 Å². The topological polar surface area (TPSA) is 86.6 Å². The molecule has 0 aromatic heterocycles. The summed E-state index contributed by atoms with van der Waals surface area (Å²) < 4.78 is 13.0. The molecule has 110 valence electrons. The standard InChI is InChI=1S/C14H18FNO4/c1-9(6-10-4-3-5-11(15)7-10)12(17)16-8-14(2,20)13(18)19/h3-5,7,9,20H,6,8H2,1-2H3,(H,16,17)(H,18,19). The smallest absolute Gasteiger partial charge is 0.337 e. The van der Waals surface area contributed by atoms with Gasteiger partial charge in [0.2, 0.25) is 5.91 Å². The van der Waals surface area contributed by atoms with Gasteiger partial charge in [0.1, 0.15) is 5.82 Å². The number of nitrogens with one attached hydrogen (secondary N) is 1. The summed E-state index contributed by atoms with van der Waals surface area (Å²) in [5, 5.41) is 20.6. The van der Waals surface area contributed by atoms with Crippen molar-refractivity contribution in [2.75, 3.05) is 6.54 Å². The largest absolute Gasteiger partial charge is 0.479 e. The first-order valence-electron chi connectivity index (χ1n) is 6.20. The Kier molecular flexibility index (Phi) is 5.21. The first kappa shape index (κ1) is 16.1. The van der Waals surface area contributed by atoms with E-state index in [0.29, 0.717) is 12.0 Å². The van der Waals surface area contributed by atoms with Crippen LogP contribution in [0.2, 0.25) is 0 Å². The lowest BCUT2D eigenvalue weighted by Gasteiger charge is -2.20. The molecule has 5 nitrogen and oxygen atoms in total. The molecule has 0 heterocycles. The fourth-order valence-corrected chi connectivity index (χ4v) is 1.62. The fourth-order valence-electron chi connectivity index (χ4n) is 1.62. The number of benzene rings is 1. The van der Waals surface area contributed by atoms with E-state index in [-0.39, 0.29) is 12.4 Å². The average Bonchev–Trinajstić information content (AvgIpc) is 2.35. The number of aliphatic hydroxyl groups is 1. The Hall–Kier alpha value is -1.95. The van der Waals surface area contributed by atoms with Gasteiger partial charge >= 0.3 is 5.97 Å². The molecule has 0 fully saturated rings. The van der Waals surface area contributed by atoms with E-state index in [2.05, 4.69) is 5.32 Å². The molecular formula is C14H18FNO4. The van der Waals surface area contributed by atoms with Crippen LogP contribution in [0.3, 0.4) is 0 Å². The van der Waals surface area contributed by atoms with E-state index in [9.17, 15) is 19.1 Å².